The number of benzene rings is 2. The lowest BCUT2D eigenvalue weighted by molar-refractivity contribution is 0.629. The first-order valence-corrected chi connectivity index (χ1v) is 5.27. The van der Waals surface area contributed by atoms with Gasteiger partial charge in [-0.05, 0) is 41.8 Å². The topological polar surface area (TPSA) is 23.8 Å². The van der Waals surface area contributed by atoms with E-state index < -0.39 is 0 Å². The maximum absolute atomic E-state index is 13.2. The van der Waals surface area contributed by atoms with Gasteiger partial charge in [-0.2, -0.15) is 5.26 Å². The van der Waals surface area contributed by atoms with Crippen LogP contribution in [-0.2, 0) is 6.42 Å². The number of nitriles is 1. The number of nitrogens with zero attached hydrogens (tertiary/aromatic N) is 1. The highest BCUT2D eigenvalue weighted by Gasteiger charge is 2.06. The van der Waals surface area contributed by atoms with Gasteiger partial charge in [0.2, 0.25) is 0 Å². The lowest BCUT2D eigenvalue weighted by Crippen LogP contribution is -1.97. The van der Waals surface area contributed by atoms with E-state index in [9.17, 15) is 4.39 Å². The Bertz CT molecular complexity index is 554. The quantitative estimate of drug-likeness (QED) is 0.746. The second-order valence-corrected chi connectivity index (χ2v) is 4.02. The first kappa shape index (κ1) is 10.6. The molecule has 0 fully saturated rings. The highest BCUT2D eigenvalue weighted by molar-refractivity contribution is 5.85. The van der Waals surface area contributed by atoms with Crippen LogP contribution in [0.5, 0.6) is 0 Å². The first-order valence-electron chi connectivity index (χ1n) is 5.27. The largest absolute Gasteiger partial charge is 0.207 e. The van der Waals surface area contributed by atoms with Crippen molar-refractivity contribution in [2.75, 3.05) is 0 Å². The molecular formula is C14H12FN. The third kappa shape index (κ3) is 2.04. The summed E-state index contributed by atoms with van der Waals surface area (Å²) in [5.41, 5.74) is 1.03. The second kappa shape index (κ2) is 4.32. The first-order chi connectivity index (χ1) is 7.70. The van der Waals surface area contributed by atoms with Gasteiger partial charge in [0, 0.05) is 5.92 Å². The van der Waals surface area contributed by atoms with Gasteiger partial charge in [-0.15, -0.1) is 0 Å². The van der Waals surface area contributed by atoms with Gasteiger partial charge in [0.25, 0.3) is 0 Å². The van der Waals surface area contributed by atoms with Gasteiger partial charge in [0.05, 0.1) is 6.07 Å². The average Bonchev–Trinajstić information content (AvgIpc) is 2.29. The van der Waals surface area contributed by atoms with Crippen LogP contribution in [0.25, 0.3) is 10.8 Å². The van der Waals surface area contributed by atoms with Gasteiger partial charge in [0.1, 0.15) is 5.82 Å². The Morgan fingerprint density at radius 1 is 1.31 bits per heavy atom. The number of fused-ring (bicyclic) bond motifs is 1. The lowest BCUT2D eigenvalue weighted by Gasteiger charge is -2.07. The average molecular weight is 213 g/mol. The fourth-order valence-corrected chi connectivity index (χ4v) is 1.86. The zero-order valence-electron chi connectivity index (χ0n) is 9.07. The summed E-state index contributed by atoms with van der Waals surface area (Å²) in [6, 6.07) is 12.8. The van der Waals surface area contributed by atoms with Gasteiger partial charge >= 0.3 is 0 Å². The van der Waals surface area contributed by atoms with E-state index in [0.717, 1.165) is 16.3 Å². The Morgan fingerprint density at radius 3 is 2.88 bits per heavy atom. The van der Waals surface area contributed by atoms with Crippen LogP contribution in [0, 0.1) is 23.1 Å². The summed E-state index contributed by atoms with van der Waals surface area (Å²) in [5, 5.41) is 10.7. The molecule has 0 spiro atoms. The third-order valence-electron chi connectivity index (χ3n) is 2.68. The van der Waals surface area contributed by atoms with Gasteiger partial charge in [-0.3, -0.25) is 0 Å². The van der Waals surface area contributed by atoms with Crippen molar-refractivity contribution in [3.8, 4) is 6.07 Å². The fraction of sp³-hybridized carbons (Fsp3) is 0.214. The van der Waals surface area contributed by atoms with E-state index >= 15 is 0 Å². The van der Waals surface area contributed by atoms with Gasteiger partial charge in [0.15, 0.2) is 0 Å². The van der Waals surface area contributed by atoms with Crippen LogP contribution in [0.2, 0.25) is 0 Å². The summed E-state index contributed by atoms with van der Waals surface area (Å²) in [5.74, 6) is -0.279. The Morgan fingerprint density at radius 2 is 2.12 bits per heavy atom. The van der Waals surface area contributed by atoms with Gasteiger partial charge in [-0.1, -0.05) is 24.3 Å². The highest BCUT2D eigenvalue weighted by Crippen LogP contribution is 2.22. The number of halogens is 1. The molecule has 80 valence electrons. The smallest absolute Gasteiger partial charge is 0.123 e. The monoisotopic (exact) mass is 213 g/mol. The van der Waals surface area contributed by atoms with Crippen molar-refractivity contribution in [2.24, 2.45) is 5.92 Å². The molecule has 2 aromatic carbocycles. The molecule has 0 aliphatic rings. The van der Waals surface area contributed by atoms with E-state index in [-0.39, 0.29) is 11.7 Å². The van der Waals surface area contributed by atoms with Gasteiger partial charge < -0.3 is 0 Å². The minimum atomic E-state index is -0.232. The number of hydrogen-bond acceptors (Lipinski definition) is 1. The molecule has 0 amide bonds. The zero-order valence-corrected chi connectivity index (χ0v) is 9.07. The van der Waals surface area contributed by atoms with Crippen molar-refractivity contribution < 1.29 is 4.39 Å². The molecule has 2 rings (SSSR count). The predicted octanol–water partition coefficient (Wildman–Crippen LogP) is 3.68. The normalized spacial score (nSPS) is 12.3. The maximum atomic E-state index is 13.2. The van der Waals surface area contributed by atoms with Crippen molar-refractivity contribution in [1.29, 1.82) is 5.26 Å². The molecule has 0 bridgehead atoms. The van der Waals surface area contributed by atoms with Gasteiger partial charge in [-0.25, -0.2) is 4.39 Å². The molecule has 1 nitrogen and oxygen atoms in total. The summed E-state index contributed by atoms with van der Waals surface area (Å²) in [6.45, 7) is 1.87. The Labute approximate surface area is 94.1 Å². The molecule has 0 radical (unpaired) electrons. The van der Waals surface area contributed by atoms with E-state index in [1.54, 1.807) is 6.07 Å². The van der Waals surface area contributed by atoms with E-state index in [1.165, 1.54) is 12.1 Å². The SMILES string of the molecule is CC(C#N)Cc1cccc2ccc(F)cc12. The Balaban J connectivity index is 2.53. The molecule has 2 heteroatoms. The van der Waals surface area contributed by atoms with E-state index in [0.29, 0.717) is 6.42 Å². The van der Waals surface area contributed by atoms with E-state index in [2.05, 4.69) is 6.07 Å². The van der Waals surface area contributed by atoms with Crippen LogP contribution in [0.4, 0.5) is 4.39 Å². The van der Waals surface area contributed by atoms with Crippen molar-refractivity contribution in [3.63, 3.8) is 0 Å². The molecule has 0 N–H and O–H groups in total. The van der Waals surface area contributed by atoms with Crippen molar-refractivity contribution in [3.05, 3.63) is 47.8 Å². The minimum absolute atomic E-state index is 0.0473. The molecule has 0 heterocycles. The highest BCUT2D eigenvalue weighted by atomic mass is 19.1. The molecular weight excluding hydrogens is 201 g/mol. The van der Waals surface area contributed by atoms with E-state index in [4.69, 9.17) is 5.26 Å². The zero-order chi connectivity index (χ0) is 11.5. The number of rotatable bonds is 2. The van der Waals surface area contributed by atoms with Crippen LogP contribution in [0.15, 0.2) is 36.4 Å². The molecule has 16 heavy (non-hydrogen) atoms. The van der Waals surface area contributed by atoms with E-state index in [1.807, 2.05) is 25.1 Å². The molecule has 1 atom stereocenters. The molecule has 0 aliphatic heterocycles. The van der Waals surface area contributed by atoms with Crippen LogP contribution in [0.1, 0.15) is 12.5 Å². The number of hydrogen-bond donors (Lipinski definition) is 0. The maximum Gasteiger partial charge on any atom is 0.123 e. The van der Waals surface area contributed by atoms with Crippen molar-refractivity contribution >= 4 is 10.8 Å². The van der Waals surface area contributed by atoms with Crippen molar-refractivity contribution in [1.82, 2.24) is 0 Å². The second-order valence-electron chi connectivity index (χ2n) is 4.02. The third-order valence-corrected chi connectivity index (χ3v) is 2.68. The standard InChI is InChI=1S/C14H12FN/c1-10(9-16)7-12-4-2-3-11-5-6-13(15)8-14(11)12/h2-6,8,10H,7H2,1H3. The summed E-state index contributed by atoms with van der Waals surface area (Å²) in [6.07, 6.45) is 0.664. The summed E-state index contributed by atoms with van der Waals surface area (Å²) in [4.78, 5) is 0. The molecule has 0 saturated carbocycles. The molecule has 1 unspecified atom stereocenters. The fourth-order valence-electron chi connectivity index (χ4n) is 1.86. The lowest BCUT2D eigenvalue weighted by atomic mass is 9.97. The van der Waals surface area contributed by atoms with Crippen LogP contribution < -0.4 is 0 Å². The van der Waals surface area contributed by atoms with Crippen LogP contribution >= 0.6 is 0 Å². The van der Waals surface area contributed by atoms with Crippen LogP contribution in [-0.4, -0.2) is 0 Å². The molecule has 0 saturated heterocycles. The Hall–Kier alpha value is -1.88. The molecule has 2 aromatic rings. The molecule has 0 aliphatic carbocycles. The molecule has 0 aromatic heterocycles. The van der Waals surface area contributed by atoms with Crippen molar-refractivity contribution in [2.45, 2.75) is 13.3 Å². The minimum Gasteiger partial charge on any atom is -0.207 e. The van der Waals surface area contributed by atoms with Crippen LogP contribution in [0.3, 0.4) is 0 Å². The Kier molecular flexibility index (Phi) is 2.87. The summed E-state index contributed by atoms with van der Waals surface area (Å²) in [7, 11) is 0. The predicted molar refractivity (Wildman–Crippen MR) is 62.4 cm³/mol. The summed E-state index contributed by atoms with van der Waals surface area (Å²) >= 11 is 0. The summed E-state index contributed by atoms with van der Waals surface area (Å²) < 4.78 is 13.2.